The summed E-state index contributed by atoms with van der Waals surface area (Å²) in [7, 11) is 1.65. The molecule has 22 heavy (non-hydrogen) atoms. The third kappa shape index (κ3) is 2.03. The van der Waals surface area contributed by atoms with Crippen LogP contribution < -0.4 is 4.74 Å². The smallest absolute Gasteiger partial charge is 0.174 e. The number of aromatic nitrogens is 1. The van der Waals surface area contributed by atoms with Gasteiger partial charge in [-0.2, -0.15) is 0 Å². The Bertz CT molecular complexity index is 824. The van der Waals surface area contributed by atoms with Crippen molar-refractivity contribution in [3.8, 4) is 17.2 Å². The van der Waals surface area contributed by atoms with Crippen LogP contribution in [0.3, 0.4) is 0 Å². The van der Waals surface area contributed by atoms with Gasteiger partial charge in [-0.05, 0) is 37.0 Å². The molecule has 0 saturated carbocycles. The van der Waals surface area contributed by atoms with Gasteiger partial charge in [0.15, 0.2) is 17.3 Å². The van der Waals surface area contributed by atoms with Gasteiger partial charge in [-0.1, -0.05) is 11.6 Å². The van der Waals surface area contributed by atoms with E-state index in [1.165, 1.54) is 5.57 Å². The number of aliphatic imine (C=N–C) groups is 1. The number of furan rings is 1. The van der Waals surface area contributed by atoms with Gasteiger partial charge in [-0.3, -0.25) is 4.99 Å². The Morgan fingerprint density at radius 1 is 1.36 bits per heavy atom. The molecule has 2 aliphatic rings. The molecule has 0 atom stereocenters. The van der Waals surface area contributed by atoms with Crippen molar-refractivity contribution in [2.45, 2.75) is 19.3 Å². The highest BCUT2D eigenvalue weighted by Gasteiger charge is 2.26. The minimum atomic E-state index is 0.628. The summed E-state index contributed by atoms with van der Waals surface area (Å²) in [5.74, 6) is 2.14. The highest BCUT2D eigenvalue weighted by atomic mass is 35.5. The Labute approximate surface area is 133 Å². The number of H-pyrrole nitrogens is 1. The van der Waals surface area contributed by atoms with Crippen LogP contribution in [-0.2, 0) is 0 Å². The van der Waals surface area contributed by atoms with Crippen molar-refractivity contribution in [1.29, 1.82) is 0 Å². The number of aromatic amines is 1. The minimum Gasteiger partial charge on any atom is -0.493 e. The van der Waals surface area contributed by atoms with Crippen molar-refractivity contribution >= 4 is 23.4 Å². The van der Waals surface area contributed by atoms with E-state index in [0.29, 0.717) is 16.5 Å². The first-order valence-corrected chi connectivity index (χ1v) is 7.64. The van der Waals surface area contributed by atoms with Crippen LogP contribution in [0.5, 0.6) is 5.75 Å². The SMILES string of the molecule is COc1cc(-c2[nH]ccc2Cl)oc1C1=C2N=CC=C2CCC1. The first-order chi connectivity index (χ1) is 10.8. The second kappa shape index (κ2) is 5.21. The average molecular weight is 315 g/mol. The van der Waals surface area contributed by atoms with Crippen LogP contribution in [0.25, 0.3) is 17.0 Å². The van der Waals surface area contributed by atoms with Crippen LogP contribution in [-0.4, -0.2) is 18.3 Å². The van der Waals surface area contributed by atoms with Gasteiger partial charge in [-0.15, -0.1) is 0 Å². The molecule has 0 radical (unpaired) electrons. The molecule has 4 nitrogen and oxygen atoms in total. The molecule has 1 aliphatic heterocycles. The zero-order chi connectivity index (χ0) is 15.1. The molecule has 112 valence electrons. The quantitative estimate of drug-likeness (QED) is 0.881. The lowest BCUT2D eigenvalue weighted by Crippen LogP contribution is -1.99. The average Bonchev–Trinajstić information content (AvgIpc) is 3.24. The first kappa shape index (κ1) is 13.5. The molecule has 3 heterocycles. The third-order valence-corrected chi connectivity index (χ3v) is 4.39. The van der Waals surface area contributed by atoms with Crippen LogP contribution in [0.2, 0.25) is 5.02 Å². The lowest BCUT2D eigenvalue weighted by molar-refractivity contribution is 0.402. The van der Waals surface area contributed by atoms with E-state index >= 15 is 0 Å². The molecule has 0 unspecified atom stereocenters. The molecule has 2 aromatic heterocycles. The number of nitrogens with one attached hydrogen (secondary N) is 1. The first-order valence-electron chi connectivity index (χ1n) is 7.26. The number of nitrogens with zero attached hydrogens (tertiary/aromatic N) is 1. The zero-order valence-corrected chi connectivity index (χ0v) is 12.9. The molecular weight excluding hydrogens is 300 g/mol. The lowest BCUT2D eigenvalue weighted by atomic mass is 9.91. The molecule has 0 amide bonds. The molecule has 1 aliphatic carbocycles. The maximum Gasteiger partial charge on any atom is 0.174 e. The van der Waals surface area contributed by atoms with Gasteiger partial charge in [0.25, 0.3) is 0 Å². The molecule has 5 heteroatoms. The molecule has 0 spiro atoms. The summed E-state index contributed by atoms with van der Waals surface area (Å²) in [5.41, 5.74) is 4.18. The summed E-state index contributed by atoms with van der Waals surface area (Å²) < 4.78 is 11.6. The largest absolute Gasteiger partial charge is 0.493 e. The third-order valence-electron chi connectivity index (χ3n) is 4.08. The van der Waals surface area contributed by atoms with E-state index in [1.807, 2.05) is 12.3 Å². The van der Waals surface area contributed by atoms with Crippen molar-refractivity contribution in [2.75, 3.05) is 7.11 Å². The summed E-state index contributed by atoms with van der Waals surface area (Å²) in [6, 6.07) is 3.67. The summed E-state index contributed by atoms with van der Waals surface area (Å²) in [6.07, 6.45) is 8.82. The van der Waals surface area contributed by atoms with E-state index in [9.17, 15) is 0 Å². The topological polar surface area (TPSA) is 50.5 Å². The second-order valence-electron chi connectivity index (χ2n) is 5.36. The molecule has 0 bridgehead atoms. The van der Waals surface area contributed by atoms with Crippen molar-refractivity contribution in [1.82, 2.24) is 4.98 Å². The number of rotatable bonds is 3. The van der Waals surface area contributed by atoms with Gasteiger partial charge in [0.2, 0.25) is 0 Å². The number of methoxy groups -OCH3 is 1. The van der Waals surface area contributed by atoms with Crippen LogP contribution in [0, 0.1) is 0 Å². The Morgan fingerprint density at radius 2 is 2.27 bits per heavy atom. The van der Waals surface area contributed by atoms with E-state index < -0.39 is 0 Å². The summed E-state index contributed by atoms with van der Waals surface area (Å²) in [5, 5.41) is 0.628. The number of fused-ring (bicyclic) bond motifs is 1. The molecule has 1 N–H and O–H groups in total. The standard InChI is InChI=1S/C17H15ClN2O2/c1-21-14-9-13(16-12(18)6-8-20-16)22-17(14)11-4-2-3-10-5-7-19-15(10)11/h5-9,20H,2-4H2,1H3. The van der Waals surface area contributed by atoms with Crippen molar-refractivity contribution < 1.29 is 9.15 Å². The monoisotopic (exact) mass is 314 g/mol. The highest BCUT2D eigenvalue weighted by Crippen LogP contribution is 2.44. The van der Waals surface area contributed by atoms with Gasteiger partial charge >= 0.3 is 0 Å². The summed E-state index contributed by atoms with van der Waals surface area (Å²) in [6.45, 7) is 0. The maximum absolute atomic E-state index is 6.18. The fourth-order valence-corrected chi connectivity index (χ4v) is 3.24. The van der Waals surface area contributed by atoms with E-state index in [-0.39, 0.29) is 0 Å². The Morgan fingerprint density at radius 3 is 3.05 bits per heavy atom. The maximum atomic E-state index is 6.18. The molecule has 0 aromatic carbocycles. The van der Waals surface area contributed by atoms with Gasteiger partial charge in [-0.25, -0.2) is 0 Å². The number of halogens is 1. The molecular formula is C17H15ClN2O2. The predicted molar refractivity (Wildman–Crippen MR) is 87.4 cm³/mol. The van der Waals surface area contributed by atoms with E-state index in [0.717, 1.165) is 42.0 Å². The summed E-state index contributed by atoms with van der Waals surface area (Å²) >= 11 is 6.18. The van der Waals surface area contributed by atoms with Crippen LogP contribution >= 0.6 is 11.6 Å². The van der Waals surface area contributed by atoms with Crippen LogP contribution in [0.1, 0.15) is 25.0 Å². The van der Waals surface area contributed by atoms with E-state index in [4.69, 9.17) is 20.8 Å². The molecule has 0 fully saturated rings. The van der Waals surface area contributed by atoms with Crippen LogP contribution in [0.4, 0.5) is 0 Å². The number of hydrogen-bond donors (Lipinski definition) is 1. The van der Waals surface area contributed by atoms with Gasteiger partial charge in [0, 0.05) is 24.1 Å². The molecule has 0 saturated heterocycles. The predicted octanol–water partition coefficient (Wildman–Crippen LogP) is 4.84. The fourth-order valence-electron chi connectivity index (χ4n) is 3.03. The van der Waals surface area contributed by atoms with Gasteiger partial charge in [0.1, 0.15) is 5.69 Å². The Kier molecular flexibility index (Phi) is 3.19. The molecule has 2 aromatic rings. The second-order valence-corrected chi connectivity index (χ2v) is 5.77. The number of allylic oxidation sites excluding steroid dienone is 3. The zero-order valence-electron chi connectivity index (χ0n) is 12.1. The minimum absolute atomic E-state index is 0.628. The highest BCUT2D eigenvalue weighted by molar-refractivity contribution is 6.33. The Balaban J connectivity index is 1.86. The van der Waals surface area contributed by atoms with Crippen LogP contribution in [0.15, 0.2) is 45.1 Å². The fraction of sp³-hybridized carbons (Fsp3) is 0.235. The lowest BCUT2D eigenvalue weighted by Gasteiger charge is -2.17. The van der Waals surface area contributed by atoms with Crippen molar-refractivity contribution in [2.24, 2.45) is 4.99 Å². The number of ether oxygens (including phenoxy) is 1. The van der Waals surface area contributed by atoms with Gasteiger partial charge in [0.05, 0.1) is 17.8 Å². The number of hydrogen-bond acceptors (Lipinski definition) is 3. The Hall–Kier alpha value is -2.20. The van der Waals surface area contributed by atoms with Gasteiger partial charge < -0.3 is 14.1 Å². The van der Waals surface area contributed by atoms with Crippen molar-refractivity contribution in [3.63, 3.8) is 0 Å². The summed E-state index contributed by atoms with van der Waals surface area (Å²) in [4.78, 5) is 7.59. The van der Waals surface area contributed by atoms with Crippen molar-refractivity contribution in [3.05, 3.63) is 46.5 Å². The van der Waals surface area contributed by atoms with E-state index in [1.54, 1.807) is 19.4 Å². The normalized spacial score (nSPS) is 16.9. The van der Waals surface area contributed by atoms with E-state index in [2.05, 4.69) is 16.1 Å². The molecule has 4 rings (SSSR count).